The van der Waals surface area contributed by atoms with Crippen LogP contribution >= 0.6 is 7.92 Å². The van der Waals surface area contributed by atoms with Gasteiger partial charge in [0, 0.05) is 0 Å². The predicted octanol–water partition coefficient (Wildman–Crippen LogP) is 7.19. The maximum absolute atomic E-state index is 2.55. The number of benzene rings is 5. The van der Waals surface area contributed by atoms with Crippen LogP contribution in [-0.4, -0.2) is 0 Å². The summed E-state index contributed by atoms with van der Waals surface area (Å²) in [5.74, 6) is 0. The Labute approximate surface area is 226 Å². The predicted molar refractivity (Wildman–Crippen MR) is 151 cm³/mol. The Hall–Kier alpha value is -2.85. The molecule has 0 amide bonds. The van der Waals surface area contributed by atoms with Crippen molar-refractivity contribution in [2.45, 2.75) is 10.0 Å². The summed E-state index contributed by atoms with van der Waals surface area (Å²) in [6.07, 6.45) is 3.63. The second kappa shape index (κ2) is 9.55. The van der Waals surface area contributed by atoms with Gasteiger partial charge in [0.05, 0.1) is 0 Å². The summed E-state index contributed by atoms with van der Waals surface area (Å²) < 4.78 is 2.21. The zero-order valence-electron chi connectivity index (χ0n) is 19.9. The fraction of sp³-hybridized carbons (Fsp3) is 0.0588. The summed E-state index contributed by atoms with van der Waals surface area (Å²) in [6.45, 7) is 0. The molecule has 0 N–H and O–H groups in total. The van der Waals surface area contributed by atoms with Crippen LogP contribution in [0.4, 0.5) is 0 Å². The summed E-state index contributed by atoms with van der Waals surface area (Å²) >= 11 is -1.01. The molecule has 2 heteroatoms. The zero-order chi connectivity index (χ0) is 23.9. The van der Waals surface area contributed by atoms with E-state index in [-0.39, 0.29) is 0 Å². The van der Waals surface area contributed by atoms with E-state index in [2.05, 4.69) is 133 Å². The fourth-order valence-corrected chi connectivity index (χ4v) is 13.3. The first-order valence-electron chi connectivity index (χ1n) is 12.5. The van der Waals surface area contributed by atoms with E-state index in [9.17, 15) is 0 Å². The molecule has 2 aliphatic rings. The van der Waals surface area contributed by atoms with E-state index < -0.39 is 31.2 Å². The monoisotopic (exact) mass is 554 g/mol. The Morgan fingerprint density at radius 3 is 2.00 bits per heavy atom. The zero-order valence-corrected chi connectivity index (χ0v) is 23.3. The Bertz CT molecular complexity index is 1550. The topological polar surface area (TPSA) is 0 Å². The molecule has 170 valence electrons. The van der Waals surface area contributed by atoms with Crippen molar-refractivity contribution in [3.05, 3.63) is 155 Å². The standard InChI is InChI=1S/C21H16P.C13H9.Zr/c1-3-11-19(12-4-1)22(20-13-5-2-6-14-20)21-15-17-9-7-8-10-18(17)16-21;1-3-7-12-10(5-1)9-11-6-2-4-8-13(11)12;/h1-16H;1-5,7-8H,9H2;. The number of rotatable bonds is 5. The van der Waals surface area contributed by atoms with Gasteiger partial charge in [-0.2, -0.15) is 0 Å². The molecule has 0 aromatic heterocycles. The molecule has 36 heavy (non-hydrogen) atoms. The molecule has 0 bridgehead atoms. The molecule has 0 saturated heterocycles. The van der Waals surface area contributed by atoms with Gasteiger partial charge in [-0.3, -0.25) is 0 Å². The van der Waals surface area contributed by atoms with Gasteiger partial charge in [0.15, 0.2) is 0 Å². The van der Waals surface area contributed by atoms with Gasteiger partial charge >= 0.3 is 227 Å². The van der Waals surface area contributed by atoms with E-state index in [1.807, 2.05) is 0 Å². The quantitative estimate of drug-likeness (QED) is 0.198. The second-order valence-electron chi connectivity index (χ2n) is 9.45. The van der Waals surface area contributed by atoms with Crippen LogP contribution in [0.3, 0.4) is 0 Å². The molecular weight excluding hydrogens is 531 g/mol. The van der Waals surface area contributed by atoms with Crippen molar-refractivity contribution in [1.82, 2.24) is 0 Å². The van der Waals surface area contributed by atoms with Crippen molar-refractivity contribution in [3.8, 4) is 11.1 Å². The summed E-state index contributed by atoms with van der Waals surface area (Å²) in [5, 5.41) is 4.55. The second-order valence-corrected chi connectivity index (χ2v) is 15.1. The molecule has 5 aromatic rings. The van der Waals surface area contributed by atoms with Gasteiger partial charge in [-0.1, -0.05) is 0 Å². The van der Waals surface area contributed by atoms with Crippen LogP contribution < -0.4 is 13.9 Å². The Kier molecular flexibility index (Phi) is 5.93. The molecule has 0 aliphatic heterocycles. The Morgan fingerprint density at radius 1 is 0.583 bits per heavy atom. The van der Waals surface area contributed by atoms with Gasteiger partial charge in [-0.15, -0.1) is 0 Å². The van der Waals surface area contributed by atoms with Gasteiger partial charge in [-0.25, -0.2) is 0 Å². The third-order valence-electron chi connectivity index (χ3n) is 7.34. The molecule has 2 aliphatic carbocycles. The number of hydrogen-bond acceptors (Lipinski definition) is 0. The SMILES string of the molecule is C1=C(P(c2ccccc2)c2ccccc2)[CH]([Zr][c]2cccc3c2Cc2ccccc2-3)c2ccccc21. The molecule has 0 spiro atoms. The minimum atomic E-state index is -1.01. The van der Waals surface area contributed by atoms with Crippen LogP contribution in [0, 0.1) is 0 Å². The van der Waals surface area contributed by atoms with E-state index in [1.54, 1.807) is 19.7 Å². The number of hydrogen-bond donors (Lipinski definition) is 0. The first-order chi connectivity index (χ1) is 17.9. The molecule has 1 unspecified atom stereocenters. The fourth-order valence-electron chi connectivity index (χ4n) is 5.70. The molecular formula is C34H25PZr. The van der Waals surface area contributed by atoms with Crippen molar-refractivity contribution >= 4 is 27.9 Å². The molecule has 0 fully saturated rings. The molecule has 0 radical (unpaired) electrons. The van der Waals surface area contributed by atoms with Crippen LogP contribution in [0.25, 0.3) is 17.2 Å². The third-order valence-corrected chi connectivity index (χ3v) is 14.6. The molecule has 0 saturated carbocycles. The summed E-state index contributed by atoms with van der Waals surface area (Å²) in [7, 11) is -0.583. The van der Waals surface area contributed by atoms with Crippen LogP contribution in [0.15, 0.2) is 133 Å². The Balaban J connectivity index is 1.35. The number of allylic oxidation sites excluding steroid dienone is 1. The first-order valence-corrected chi connectivity index (χ1v) is 16.5. The minimum absolute atomic E-state index is 0.548. The first kappa shape index (κ1) is 22.4. The summed E-state index contributed by atoms with van der Waals surface area (Å²) in [4.78, 5) is 0. The summed E-state index contributed by atoms with van der Waals surface area (Å²) in [5.41, 5.74) is 8.96. The molecule has 7 rings (SSSR count). The van der Waals surface area contributed by atoms with Crippen molar-refractivity contribution in [3.63, 3.8) is 0 Å². The number of fused-ring (bicyclic) bond motifs is 4. The van der Waals surface area contributed by atoms with Gasteiger partial charge in [0.1, 0.15) is 0 Å². The third kappa shape index (κ3) is 3.91. The van der Waals surface area contributed by atoms with Crippen molar-refractivity contribution in [2.24, 2.45) is 0 Å². The van der Waals surface area contributed by atoms with E-state index >= 15 is 0 Å². The summed E-state index contributed by atoms with van der Waals surface area (Å²) in [6, 6.07) is 47.6. The van der Waals surface area contributed by atoms with Gasteiger partial charge < -0.3 is 0 Å². The molecule has 0 nitrogen and oxygen atoms in total. The maximum atomic E-state index is 2.55. The van der Waals surface area contributed by atoms with E-state index in [4.69, 9.17) is 0 Å². The molecule has 5 aromatic carbocycles. The van der Waals surface area contributed by atoms with E-state index in [1.165, 1.54) is 32.9 Å². The van der Waals surface area contributed by atoms with Crippen molar-refractivity contribution < 1.29 is 23.2 Å². The Morgan fingerprint density at radius 2 is 1.22 bits per heavy atom. The van der Waals surface area contributed by atoms with Crippen LogP contribution in [0.1, 0.15) is 25.9 Å². The van der Waals surface area contributed by atoms with Crippen LogP contribution in [0.2, 0.25) is 0 Å². The average molecular weight is 556 g/mol. The molecule has 1 atom stereocenters. The van der Waals surface area contributed by atoms with E-state index in [0.717, 1.165) is 6.42 Å². The normalized spacial score (nSPS) is 15.2. The van der Waals surface area contributed by atoms with Gasteiger partial charge in [0.25, 0.3) is 0 Å². The van der Waals surface area contributed by atoms with Crippen molar-refractivity contribution in [2.75, 3.05) is 0 Å². The van der Waals surface area contributed by atoms with Gasteiger partial charge in [-0.05, 0) is 0 Å². The van der Waals surface area contributed by atoms with Gasteiger partial charge in [0.2, 0.25) is 0 Å². The van der Waals surface area contributed by atoms with Crippen molar-refractivity contribution in [1.29, 1.82) is 0 Å². The average Bonchev–Trinajstić information content (AvgIpc) is 3.49. The molecule has 0 heterocycles. The van der Waals surface area contributed by atoms with Crippen LogP contribution in [0.5, 0.6) is 0 Å². The van der Waals surface area contributed by atoms with E-state index in [0.29, 0.717) is 3.63 Å². The van der Waals surface area contributed by atoms with Crippen LogP contribution in [-0.2, 0) is 29.7 Å².